The number of benzene rings is 2. The lowest BCUT2D eigenvalue weighted by molar-refractivity contribution is -0.116. The van der Waals surface area contributed by atoms with Crippen molar-refractivity contribution in [2.45, 2.75) is 39.5 Å². The van der Waals surface area contributed by atoms with E-state index in [0.717, 1.165) is 41.8 Å². The summed E-state index contributed by atoms with van der Waals surface area (Å²) < 4.78 is 32.4. The molecule has 0 radical (unpaired) electrons. The molecule has 146 valence electrons. The maximum Gasteiger partial charge on any atom is 0.224 e. The van der Waals surface area contributed by atoms with Gasteiger partial charge in [0, 0.05) is 24.6 Å². The number of hydrogen-bond donors (Lipinski definition) is 1. The monoisotopic (exact) mass is 384 g/mol. The molecular formula is C22H22F2N2O2. The highest BCUT2D eigenvalue weighted by molar-refractivity contribution is 5.92. The third-order valence-electron chi connectivity index (χ3n) is 4.58. The second-order valence-electron chi connectivity index (χ2n) is 6.45. The van der Waals surface area contributed by atoms with E-state index >= 15 is 0 Å². The van der Waals surface area contributed by atoms with Gasteiger partial charge in [-0.15, -0.1) is 0 Å². The number of halogens is 2. The summed E-state index contributed by atoms with van der Waals surface area (Å²) >= 11 is 0. The fourth-order valence-corrected chi connectivity index (χ4v) is 3.07. The predicted octanol–water partition coefficient (Wildman–Crippen LogP) is 5.32. The number of carbonyl (C=O) groups excluding carboxylic acids is 1. The Morgan fingerprint density at radius 1 is 1.11 bits per heavy atom. The van der Waals surface area contributed by atoms with Crippen LogP contribution >= 0.6 is 0 Å². The second-order valence-corrected chi connectivity index (χ2v) is 6.45. The Balaban J connectivity index is 1.65. The first kappa shape index (κ1) is 19.7. The molecule has 0 bridgehead atoms. The Bertz CT molecular complexity index is 960. The summed E-state index contributed by atoms with van der Waals surface area (Å²) in [5, 5.41) is 3.00. The zero-order valence-corrected chi connectivity index (χ0v) is 15.9. The van der Waals surface area contributed by atoms with Crippen LogP contribution in [-0.4, -0.2) is 10.9 Å². The molecule has 0 fully saturated rings. The minimum absolute atomic E-state index is 0.133. The number of aryl methyl sites for hydroxylation is 3. The van der Waals surface area contributed by atoms with Crippen molar-refractivity contribution in [3.05, 3.63) is 71.2 Å². The van der Waals surface area contributed by atoms with Crippen molar-refractivity contribution < 1.29 is 18.0 Å². The van der Waals surface area contributed by atoms with Gasteiger partial charge in [0.2, 0.25) is 5.91 Å². The van der Waals surface area contributed by atoms with Crippen LogP contribution in [0.4, 0.5) is 14.5 Å². The molecule has 1 amide bonds. The SMILES string of the molecule is CCc1cccc(CC)c1NC(=O)CCc1ncc(-c2ccc(F)cc2F)o1. The van der Waals surface area contributed by atoms with Crippen LogP contribution in [0.5, 0.6) is 0 Å². The molecule has 3 aromatic rings. The lowest BCUT2D eigenvalue weighted by Gasteiger charge is -2.14. The topological polar surface area (TPSA) is 55.1 Å². The number of anilines is 1. The van der Waals surface area contributed by atoms with Crippen molar-refractivity contribution >= 4 is 11.6 Å². The molecule has 3 rings (SSSR count). The summed E-state index contributed by atoms with van der Waals surface area (Å²) in [6.07, 6.45) is 3.51. The van der Waals surface area contributed by atoms with Crippen LogP contribution in [0.2, 0.25) is 0 Å². The van der Waals surface area contributed by atoms with Gasteiger partial charge in [0.05, 0.1) is 11.8 Å². The normalized spacial score (nSPS) is 10.9. The highest BCUT2D eigenvalue weighted by Gasteiger charge is 2.14. The molecule has 4 nitrogen and oxygen atoms in total. The third-order valence-corrected chi connectivity index (χ3v) is 4.58. The highest BCUT2D eigenvalue weighted by Crippen LogP contribution is 2.25. The first-order valence-electron chi connectivity index (χ1n) is 9.32. The van der Waals surface area contributed by atoms with Gasteiger partial charge in [-0.05, 0) is 36.1 Å². The lowest BCUT2D eigenvalue weighted by atomic mass is 10.0. The molecule has 0 aliphatic carbocycles. The van der Waals surface area contributed by atoms with Gasteiger partial charge in [-0.2, -0.15) is 0 Å². The fourth-order valence-electron chi connectivity index (χ4n) is 3.07. The number of nitrogens with one attached hydrogen (secondary N) is 1. The molecule has 0 spiro atoms. The van der Waals surface area contributed by atoms with E-state index in [4.69, 9.17) is 4.42 Å². The minimum atomic E-state index is -0.719. The summed E-state index contributed by atoms with van der Waals surface area (Å²) in [6, 6.07) is 9.26. The molecule has 0 aliphatic heterocycles. The number of rotatable bonds is 7. The smallest absolute Gasteiger partial charge is 0.224 e. The number of aromatic nitrogens is 1. The van der Waals surface area contributed by atoms with Gasteiger partial charge in [-0.3, -0.25) is 4.79 Å². The van der Waals surface area contributed by atoms with E-state index in [9.17, 15) is 13.6 Å². The van der Waals surface area contributed by atoms with Gasteiger partial charge in [-0.1, -0.05) is 32.0 Å². The van der Waals surface area contributed by atoms with Crippen molar-refractivity contribution in [1.29, 1.82) is 0 Å². The third kappa shape index (κ3) is 4.44. The summed E-state index contributed by atoms with van der Waals surface area (Å²) in [4.78, 5) is 16.5. The maximum atomic E-state index is 13.9. The summed E-state index contributed by atoms with van der Waals surface area (Å²) in [5.41, 5.74) is 3.20. The Hall–Kier alpha value is -3.02. The van der Waals surface area contributed by atoms with E-state index in [1.807, 2.05) is 32.0 Å². The summed E-state index contributed by atoms with van der Waals surface area (Å²) in [7, 11) is 0. The van der Waals surface area contributed by atoms with E-state index in [2.05, 4.69) is 10.3 Å². The van der Waals surface area contributed by atoms with Crippen molar-refractivity contribution in [2.24, 2.45) is 0 Å². The zero-order valence-electron chi connectivity index (χ0n) is 15.9. The zero-order chi connectivity index (χ0) is 20.1. The van der Waals surface area contributed by atoms with Crippen LogP contribution < -0.4 is 5.32 Å². The number of amides is 1. The van der Waals surface area contributed by atoms with Gasteiger partial charge in [-0.25, -0.2) is 13.8 Å². The molecule has 6 heteroatoms. The van der Waals surface area contributed by atoms with Crippen LogP contribution in [0, 0.1) is 11.6 Å². The van der Waals surface area contributed by atoms with Gasteiger partial charge < -0.3 is 9.73 Å². The van der Waals surface area contributed by atoms with Crippen LogP contribution in [-0.2, 0) is 24.1 Å². The molecule has 1 heterocycles. The number of carbonyl (C=O) groups is 1. The van der Waals surface area contributed by atoms with Gasteiger partial charge in [0.1, 0.15) is 11.6 Å². The quantitative estimate of drug-likeness (QED) is 0.600. The summed E-state index contributed by atoms with van der Waals surface area (Å²) in [6.45, 7) is 4.10. The number of para-hydroxylation sites is 1. The average Bonchev–Trinajstić information content (AvgIpc) is 3.15. The van der Waals surface area contributed by atoms with Crippen LogP contribution in [0.15, 0.2) is 47.0 Å². The highest BCUT2D eigenvalue weighted by atomic mass is 19.1. The van der Waals surface area contributed by atoms with Crippen LogP contribution in [0.1, 0.15) is 37.3 Å². The van der Waals surface area contributed by atoms with Crippen molar-refractivity contribution in [1.82, 2.24) is 4.98 Å². The van der Waals surface area contributed by atoms with E-state index in [1.54, 1.807) is 0 Å². The minimum Gasteiger partial charge on any atom is -0.441 e. The molecule has 0 aliphatic rings. The molecule has 28 heavy (non-hydrogen) atoms. The number of hydrogen-bond acceptors (Lipinski definition) is 3. The summed E-state index contributed by atoms with van der Waals surface area (Å²) in [5.74, 6) is -0.977. The van der Waals surface area contributed by atoms with Crippen LogP contribution in [0.25, 0.3) is 11.3 Å². The lowest BCUT2D eigenvalue weighted by Crippen LogP contribution is -2.15. The average molecular weight is 384 g/mol. The standard InChI is InChI=1S/C22H22F2N2O2/c1-3-14-6-5-7-15(4-2)22(14)26-20(27)10-11-21-25-13-19(28-21)17-9-8-16(23)12-18(17)24/h5-9,12-13H,3-4,10-11H2,1-2H3,(H,26,27). The van der Waals surface area contributed by atoms with Crippen molar-refractivity contribution in [3.63, 3.8) is 0 Å². The van der Waals surface area contributed by atoms with Gasteiger partial charge in [0.25, 0.3) is 0 Å². The largest absolute Gasteiger partial charge is 0.441 e. The Morgan fingerprint density at radius 3 is 2.46 bits per heavy atom. The maximum absolute atomic E-state index is 13.9. The van der Waals surface area contributed by atoms with E-state index in [1.165, 1.54) is 12.3 Å². The predicted molar refractivity (Wildman–Crippen MR) is 104 cm³/mol. The molecular weight excluding hydrogens is 362 g/mol. The molecule has 0 saturated heterocycles. The first-order chi connectivity index (χ1) is 13.5. The molecule has 1 aromatic heterocycles. The number of oxazole rings is 1. The Morgan fingerprint density at radius 2 is 1.82 bits per heavy atom. The van der Waals surface area contributed by atoms with Gasteiger partial charge in [0.15, 0.2) is 11.7 Å². The van der Waals surface area contributed by atoms with Gasteiger partial charge >= 0.3 is 0 Å². The van der Waals surface area contributed by atoms with E-state index < -0.39 is 11.6 Å². The van der Waals surface area contributed by atoms with Crippen LogP contribution in [0.3, 0.4) is 0 Å². The van der Waals surface area contributed by atoms with Crippen molar-refractivity contribution in [2.75, 3.05) is 5.32 Å². The molecule has 0 unspecified atom stereocenters. The Labute approximate surface area is 162 Å². The first-order valence-corrected chi connectivity index (χ1v) is 9.32. The molecule has 0 saturated carbocycles. The molecule has 0 atom stereocenters. The van der Waals surface area contributed by atoms with E-state index in [0.29, 0.717) is 5.89 Å². The van der Waals surface area contributed by atoms with E-state index in [-0.39, 0.29) is 30.1 Å². The fraction of sp³-hybridized carbons (Fsp3) is 0.273. The number of nitrogens with zero attached hydrogens (tertiary/aromatic N) is 1. The second kappa shape index (κ2) is 8.78. The Kier molecular flexibility index (Phi) is 6.19. The van der Waals surface area contributed by atoms with Crippen molar-refractivity contribution in [3.8, 4) is 11.3 Å². The molecule has 1 N–H and O–H groups in total. The molecule has 2 aromatic carbocycles.